The van der Waals surface area contributed by atoms with Crippen LogP contribution in [0, 0.1) is 11.3 Å². The number of carbonyl (C=O) groups is 1. The van der Waals surface area contributed by atoms with E-state index in [-0.39, 0.29) is 17.5 Å². The van der Waals surface area contributed by atoms with Crippen molar-refractivity contribution >= 4 is 5.97 Å². The van der Waals surface area contributed by atoms with Crippen LogP contribution in [0.2, 0.25) is 0 Å². The van der Waals surface area contributed by atoms with E-state index in [0.29, 0.717) is 18.1 Å². The van der Waals surface area contributed by atoms with Crippen LogP contribution in [0.5, 0.6) is 0 Å². The topological polar surface area (TPSA) is 58.6 Å². The molecule has 2 rings (SSSR count). The van der Waals surface area contributed by atoms with E-state index in [4.69, 9.17) is 4.74 Å². The fourth-order valence-corrected chi connectivity index (χ4v) is 4.33. The number of ether oxygens (including phenoxy) is 1. The molecule has 0 atom stereocenters. The molecule has 140 valence electrons. The Labute approximate surface area is 147 Å². The molecule has 0 aromatic rings. The Morgan fingerprint density at radius 3 is 2.29 bits per heavy atom. The van der Waals surface area contributed by atoms with Gasteiger partial charge in [-0.1, -0.05) is 19.3 Å². The van der Waals surface area contributed by atoms with Crippen LogP contribution >= 0.6 is 0 Å². The third-order valence-electron chi connectivity index (χ3n) is 5.79. The minimum absolute atomic E-state index is 0.0232. The van der Waals surface area contributed by atoms with E-state index < -0.39 is 0 Å². The van der Waals surface area contributed by atoms with E-state index in [0.717, 1.165) is 38.6 Å². The Morgan fingerprint density at radius 1 is 1.12 bits per heavy atom. The number of aliphatic hydroxyl groups excluding tert-OH is 1. The summed E-state index contributed by atoms with van der Waals surface area (Å²) >= 11 is 0. The predicted octanol–water partition coefficient (Wildman–Crippen LogP) is 3.81. The molecular weight excluding hydrogens is 302 g/mol. The molecule has 0 spiro atoms. The van der Waals surface area contributed by atoms with Gasteiger partial charge in [0.25, 0.3) is 0 Å². The lowest BCUT2D eigenvalue weighted by atomic mass is 9.71. The van der Waals surface area contributed by atoms with Gasteiger partial charge in [0.15, 0.2) is 0 Å². The fraction of sp³-hybridized carbons (Fsp3) is 0.950. The van der Waals surface area contributed by atoms with Crippen LogP contribution in [0.3, 0.4) is 0 Å². The Bertz CT molecular complexity index is 383. The lowest BCUT2D eigenvalue weighted by Crippen LogP contribution is -2.43. The molecule has 0 bridgehead atoms. The normalized spacial score (nSPS) is 27.7. The molecule has 0 aromatic carbocycles. The molecule has 2 aliphatic carbocycles. The Morgan fingerprint density at radius 2 is 1.75 bits per heavy atom. The second-order valence-corrected chi connectivity index (χ2v) is 9.00. The monoisotopic (exact) mass is 339 g/mol. The molecule has 0 radical (unpaired) electrons. The van der Waals surface area contributed by atoms with Crippen molar-refractivity contribution in [1.82, 2.24) is 5.32 Å². The van der Waals surface area contributed by atoms with Crippen LogP contribution in [0.25, 0.3) is 0 Å². The van der Waals surface area contributed by atoms with Crippen molar-refractivity contribution in [2.75, 3.05) is 13.2 Å². The minimum Gasteiger partial charge on any atom is -0.460 e. The first kappa shape index (κ1) is 19.7. The van der Waals surface area contributed by atoms with Gasteiger partial charge in [0.2, 0.25) is 0 Å². The van der Waals surface area contributed by atoms with Crippen molar-refractivity contribution in [3.8, 4) is 0 Å². The van der Waals surface area contributed by atoms with E-state index in [1.807, 2.05) is 20.8 Å². The van der Waals surface area contributed by atoms with Gasteiger partial charge in [-0.3, -0.25) is 4.79 Å². The standard InChI is InChI=1S/C20H37NO3/c1-19(2,3)24-18(23)16-7-9-17(10-8-16)21-15-20(13-14-22)11-5-4-6-12-20/h16-17,21-22H,4-15H2,1-3H3. The van der Waals surface area contributed by atoms with E-state index >= 15 is 0 Å². The molecule has 0 aromatic heterocycles. The summed E-state index contributed by atoms with van der Waals surface area (Å²) in [5, 5.41) is 13.2. The number of hydrogen-bond acceptors (Lipinski definition) is 4. The number of nitrogens with one attached hydrogen (secondary N) is 1. The number of hydrogen-bond donors (Lipinski definition) is 2. The zero-order valence-electron chi connectivity index (χ0n) is 15.9. The van der Waals surface area contributed by atoms with Crippen LogP contribution in [-0.2, 0) is 9.53 Å². The smallest absolute Gasteiger partial charge is 0.309 e. The molecule has 0 heterocycles. The van der Waals surface area contributed by atoms with Crippen molar-refractivity contribution in [2.45, 2.75) is 96.6 Å². The first-order valence-electron chi connectivity index (χ1n) is 9.91. The second kappa shape index (κ2) is 8.66. The van der Waals surface area contributed by atoms with Crippen molar-refractivity contribution in [2.24, 2.45) is 11.3 Å². The van der Waals surface area contributed by atoms with Crippen molar-refractivity contribution in [3.05, 3.63) is 0 Å². The summed E-state index contributed by atoms with van der Waals surface area (Å²) in [4.78, 5) is 12.2. The van der Waals surface area contributed by atoms with Crippen LogP contribution in [0.1, 0.15) is 85.0 Å². The molecule has 4 nitrogen and oxygen atoms in total. The van der Waals surface area contributed by atoms with E-state index in [2.05, 4.69) is 5.32 Å². The van der Waals surface area contributed by atoms with Gasteiger partial charge in [0.1, 0.15) is 5.60 Å². The molecule has 2 saturated carbocycles. The number of esters is 1. The quantitative estimate of drug-likeness (QED) is 0.723. The minimum atomic E-state index is -0.385. The number of carbonyl (C=O) groups excluding carboxylic acids is 1. The largest absolute Gasteiger partial charge is 0.460 e. The molecule has 0 unspecified atom stereocenters. The molecule has 24 heavy (non-hydrogen) atoms. The molecule has 2 fully saturated rings. The molecule has 2 aliphatic rings. The SMILES string of the molecule is CC(C)(C)OC(=O)C1CCC(NCC2(CCO)CCCCC2)CC1. The fourth-order valence-electron chi connectivity index (χ4n) is 4.33. The van der Waals surface area contributed by atoms with Gasteiger partial charge in [-0.15, -0.1) is 0 Å². The van der Waals surface area contributed by atoms with E-state index in [1.54, 1.807) is 0 Å². The Hall–Kier alpha value is -0.610. The first-order valence-corrected chi connectivity index (χ1v) is 9.91. The van der Waals surface area contributed by atoms with Crippen molar-refractivity contribution in [1.29, 1.82) is 0 Å². The average Bonchev–Trinajstić information content (AvgIpc) is 2.53. The highest BCUT2D eigenvalue weighted by Gasteiger charge is 2.34. The highest BCUT2D eigenvalue weighted by atomic mass is 16.6. The third-order valence-corrected chi connectivity index (χ3v) is 5.79. The lowest BCUT2D eigenvalue weighted by Gasteiger charge is -2.39. The summed E-state index contributed by atoms with van der Waals surface area (Å²) in [5.74, 6) is 0.0494. The van der Waals surface area contributed by atoms with Crippen LogP contribution in [0.4, 0.5) is 0 Å². The summed E-state index contributed by atoms with van der Waals surface area (Å²) < 4.78 is 5.53. The Kier molecular flexibility index (Phi) is 7.11. The zero-order valence-corrected chi connectivity index (χ0v) is 15.9. The van der Waals surface area contributed by atoms with E-state index in [1.165, 1.54) is 32.1 Å². The van der Waals surface area contributed by atoms with Gasteiger partial charge >= 0.3 is 5.97 Å². The highest BCUT2D eigenvalue weighted by molar-refractivity contribution is 5.73. The van der Waals surface area contributed by atoms with Gasteiger partial charge in [-0.05, 0) is 71.1 Å². The summed E-state index contributed by atoms with van der Waals surface area (Å²) in [6.45, 7) is 7.12. The number of rotatable bonds is 6. The Balaban J connectivity index is 1.75. The van der Waals surface area contributed by atoms with Gasteiger partial charge in [-0.25, -0.2) is 0 Å². The summed E-state index contributed by atoms with van der Waals surface area (Å²) in [6, 6.07) is 0.515. The van der Waals surface area contributed by atoms with Crippen LogP contribution < -0.4 is 5.32 Å². The summed E-state index contributed by atoms with van der Waals surface area (Å²) in [5.41, 5.74) is -0.0845. The van der Waals surface area contributed by atoms with Gasteiger partial charge in [-0.2, -0.15) is 0 Å². The van der Waals surface area contributed by atoms with Gasteiger partial charge < -0.3 is 15.2 Å². The maximum Gasteiger partial charge on any atom is 0.309 e. The zero-order chi connectivity index (χ0) is 17.6. The molecule has 0 aliphatic heterocycles. The first-order chi connectivity index (χ1) is 11.3. The molecule has 2 N–H and O–H groups in total. The van der Waals surface area contributed by atoms with Crippen molar-refractivity contribution in [3.63, 3.8) is 0 Å². The summed E-state index contributed by atoms with van der Waals surface area (Å²) in [6.07, 6.45) is 11.3. The molecule has 0 saturated heterocycles. The maximum absolute atomic E-state index is 12.2. The maximum atomic E-state index is 12.2. The van der Waals surface area contributed by atoms with E-state index in [9.17, 15) is 9.90 Å². The third kappa shape index (κ3) is 6.03. The highest BCUT2D eigenvalue weighted by Crippen LogP contribution is 2.39. The number of aliphatic hydroxyl groups is 1. The predicted molar refractivity (Wildman–Crippen MR) is 96.8 cm³/mol. The molecule has 0 amide bonds. The van der Waals surface area contributed by atoms with Gasteiger partial charge in [0.05, 0.1) is 5.92 Å². The van der Waals surface area contributed by atoms with Crippen LogP contribution in [-0.4, -0.2) is 35.9 Å². The average molecular weight is 340 g/mol. The van der Waals surface area contributed by atoms with Crippen molar-refractivity contribution < 1.29 is 14.6 Å². The molecular formula is C20H37NO3. The second-order valence-electron chi connectivity index (χ2n) is 9.00. The lowest BCUT2D eigenvalue weighted by molar-refractivity contribution is -0.161. The van der Waals surface area contributed by atoms with Crippen LogP contribution in [0.15, 0.2) is 0 Å². The van der Waals surface area contributed by atoms with Gasteiger partial charge in [0, 0.05) is 19.2 Å². The molecule has 4 heteroatoms. The summed E-state index contributed by atoms with van der Waals surface area (Å²) in [7, 11) is 0.